The third-order valence-electron chi connectivity index (χ3n) is 6.41. The van der Waals surface area contributed by atoms with Crippen LogP contribution in [0.5, 0.6) is 0 Å². The van der Waals surface area contributed by atoms with Crippen molar-refractivity contribution in [3.63, 3.8) is 0 Å². The number of hydrogen-bond donors (Lipinski definition) is 0. The van der Waals surface area contributed by atoms with Crippen LogP contribution in [-0.2, 0) is 22.4 Å². The minimum Gasteiger partial charge on any atom is -0.0622 e. The van der Waals surface area contributed by atoms with Gasteiger partial charge in [-0.3, -0.25) is 0 Å². The maximum atomic E-state index is 2.50. The Hall–Kier alpha value is -0.390. The van der Waals surface area contributed by atoms with Gasteiger partial charge in [0.1, 0.15) is 0 Å². The molecule has 0 N–H and O–H groups in total. The molecule has 0 atom stereocenters. The van der Waals surface area contributed by atoms with Crippen molar-refractivity contribution in [1.82, 2.24) is 0 Å². The summed E-state index contributed by atoms with van der Waals surface area (Å²) in [6.07, 6.45) is 14.8. The van der Waals surface area contributed by atoms with Crippen molar-refractivity contribution in [2.75, 3.05) is 0 Å². The molecule has 0 nitrogen and oxygen atoms in total. The molecule has 0 spiro atoms. The van der Waals surface area contributed by atoms with Crippen molar-refractivity contribution in [3.05, 3.63) is 54.6 Å². The van der Waals surface area contributed by atoms with Crippen LogP contribution in [0.4, 0.5) is 0 Å². The summed E-state index contributed by atoms with van der Waals surface area (Å²) in [4.78, 5) is 0. The van der Waals surface area contributed by atoms with Gasteiger partial charge in [-0.1, -0.05) is 61.4 Å². The van der Waals surface area contributed by atoms with E-state index in [2.05, 4.69) is 54.6 Å². The fraction of sp³-hybridized carbons (Fsp3) is 0.500. The molecule has 2 aromatic rings. The molecule has 2 aliphatic rings. The quantitative estimate of drug-likeness (QED) is 0.290. The van der Waals surface area contributed by atoms with Crippen molar-refractivity contribution < 1.29 is 22.4 Å². The third-order valence-corrected chi connectivity index (χ3v) is 10.4. The van der Waals surface area contributed by atoms with E-state index in [0.29, 0.717) is 0 Å². The Morgan fingerprint density at radius 1 is 0.577 bits per heavy atom. The Labute approximate surface area is 176 Å². The van der Waals surface area contributed by atoms with E-state index in [-0.39, 0.29) is 22.4 Å². The fourth-order valence-corrected chi connectivity index (χ4v) is 9.64. The van der Waals surface area contributed by atoms with Crippen LogP contribution in [0.25, 0.3) is 11.1 Å². The monoisotopic (exact) mass is 548 g/mol. The van der Waals surface area contributed by atoms with Crippen molar-refractivity contribution in [3.8, 4) is 11.1 Å². The van der Waals surface area contributed by atoms with Crippen molar-refractivity contribution >= 4 is 13.2 Å². The molecule has 2 heteroatoms. The van der Waals surface area contributed by atoms with E-state index in [9.17, 15) is 0 Å². The molecule has 0 aromatic heterocycles. The van der Waals surface area contributed by atoms with E-state index < -0.39 is 7.92 Å². The van der Waals surface area contributed by atoms with Crippen molar-refractivity contribution in [2.45, 2.75) is 75.5 Å². The predicted octanol–water partition coefficient (Wildman–Crippen LogP) is 6.86. The average Bonchev–Trinajstić information content (AvgIpc) is 2.71. The molecule has 2 aliphatic carbocycles. The molecule has 0 amide bonds. The Balaban J connectivity index is 0.00000196. The van der Waals surface area contributed by atoms with Crippen LogP contribution in [0.1, 0.15) is 64.2 Å². The Kier molecular flexibility index (Phi) is 8.01. The van der Waals surface area contributed by atoms with Gasteiger partial charge >= 0.3 is 22.4 Å². The van der Waals surface area contributed by atoms with Crippen LogP contribution < -0.4 is 5.30 Å². The molecule has 0 saturated heterocycles. The number of hydrogen-bond acceptors (Lipinski definition) is 0. The largest absolute Gasteiger partial charge is 1.00 e. The standard InChI is InChI=1S/C24H31P.Au/c1-4-12-20(13-5-1)23-18-10-11-19-24(23)25(21-14-6-2-7-15-21)22-16-8-3-9-17-22;/h1,4-5,10-13,18-19,21-22H,2-3,6-9,14-17H2;/q;+1/p+1. The van der Waals surface area contributed by atoms with Crippen LogP contribution in [0, 0.1) is 0 Å². The van der Waals surface area contributed by atoms with Crippen molar-refractivity contribution in [2.24, 2.45) is 0 Å². The fourth-order valence-electron chi connectivity index (χ4n) is 5.20. The van der Waals surface area contributed by atoms with Crippen molar-refractivity contribution in [1.29, 1.82) is 0 Å². The summed E-state index contributed by atoms with van der Waals surface area (Å²) in [5, 5.41) is 1.75. The summed E-state index contributed by atoms with van der Waals surface area (Å²) in [5.41, 5.74) is 4.97. The van der Waals surface area contributed by atoms with Gasteiger partial charge in [0.2, 0.25) is 0 Å². The summed E-state index contributed by atoms with van der Waals surface area (Å²) in [5.74, 6) is 0. The first kappa shape index (κ1) is 20.3. The zero-order valence-corrected chi connectivity index (χ0v) is 18.9. The second kappa shape index (κ2) is 10.2. The van der Waals surface area contributed by atoms with E-state index in [1.54, 1.807) is 5.30 Å². The van der Waals surface area contributed by atoms with Gasteiger partial charge < -0.3 is 0 Å². The predicted molar refractivity (Wildman–Crippen MR) is 114 cm³/mol. The molecule has 0 unspecified atom stereocenters. The van der Waals surface area contributed by atoms with Gasteiger partial charge in [0.05, 0.1) is 16.6 Å². The molecule has 0 bridgehead atoms. The average molecular weight is 548 g/mol. The molecule has 142 valence electrons. The normalized spacial score (nSPS) is 19.3. The SMILES string of the molecule is [Au+].c1ccc(-c2ccccc2[PH+](C2CCCCC2)C2CCCCC2)cc1. The Morgan fingerprint density at radius 3 is 1.65 bits per heavy atom. The van der Waals surface area contributed by atoms with E-state index in [4.69, 9.17) is 0 Å². The topological polar surface area (TPSA) is 0 Å². The van der Waals surface area contributed by atoms with Gasteiger partial charge in [-0.25, -0.2) is 0 Å². The minimum atomic E-state index is -0.500. The molecule has 0 aliphatic heterocycles. The maximum Gasteiger partial charge on any atom is 1.00 e. The summed E-state index contributed by atoms with van der Waals surface area (Å²) >= 11 is 0. The first-order valence-corrected chi connectivity index (χ1v) is 12.1. The van der Waals surface area contributed by atoms with Crippen LogP contribution in [-0.4, -0.2) is 11.3 Å². The summed E-state index contributed by atoms with van der Waals surface area (Å²) in [6.45, 7) is 0. The minimum absolute atomic E-state index is 0. The van der Waals surface area contributed by atoms with E-state index in [1.807, 2.05) is 0 Å². The zero-order valence-electron chi connectivity index (χ0n) is 15.7. The second-order valence-electron chi connectivity index (χ2n) is 8.04. The van der Waals surface area contributed by atoms with Crippen LogP contribution in [0.2, 0.25) is 0 Å². The van der Waals surface area contributed by atoms with E-state index >= 15 is 0 Å². The summed E-state index contributed by atoms with van der Waals surface area (Å²) < 4.78 is 0. The van der Waals surface area contributed by atoms with Gasteiger partial charge in [0, 0.05) is 13.5 Å². The van der Waals surface area contributed by atoms with Crippen LogP contribution in [0.15, 0.2) is 54.6 Å². The van der Waals surface area contributed by atoms with Crippen LogP contribution in [0.3, 0.4) is 0 Å². The van der Waals surface area contributed by atoms with Gasteiger partial charge in [-0.2, -0.15) is 0 Å². The molecule has 2 saturated carbocycles. The number of benzene rings is 2. The zero-order chi connectivity index (χ0) is 16.9. The molecule has 2 fully saturated rings. The molecule has 0 radical (unpaired) electrons. The van der Waals surface area contributed by atoms with Crippen LogP contribution >= 0.6 is 7.92 Å². The van der Waals surface area contributed by atoms with E-state index in [1.165, 1.54) is 75.3 Å². The molecular formula is C24H32AuP+2. The molecule has 4 rings (SSSR count). The smallest absolute Gasteiger partial charge is 0.0622 e. The Morgan fingerprint density at radius 2 is 1.08 bits per heavy atom. The first-order chi connectivity index (χ1) is 12.4. The van der Waals surface area contributed by atoms with Gasteiger partial charge in [0.25, 0.3) is 0 Å². The summed E-state index contributed by atoms with van der Waals surface area (Å²) in [7, 11) is -0.500. The molecular weight excluding hydrogens is 516 g/mol. The van der Waals surface area contributed by atoms with Gasteiger partial charge in [0.15, 0.2) is 0 Å². The van der Waals surface area contributed by atoms with Gasteiger partial charge in [-0.15, -0.1) is 0 Å². The second-order valence-corrected chi connectivity index (χ2v) is 11.1. The molecule has 0 heterocycles. The Bertz CT molecular complexity index is 639. The summed E-state index contributed by atoms with van der Waals surface area (Å²) in [6, 6.07) is 20.6. The molecule has 2 aromatic carbocycles. The first-order valence-electron chi connectivity index (χ1n) is 10.4. The number of rotatable bonds is 4. The van der Waals surface area contributed by atoms with E-state index in [0.717, 1.165) is 11.3 Å². The third kappa shape index (κ3) is 4.71. The maximum absolute atomic E-state index is 2.50. The van der Waals surface area contributed by atoms with Gasteiger partial charge in [-0.05, 0) is 63.0 Å². The molecule has 26 heavy (non-hydrogen) atoms.